The SMILES string of the molecule is COCN(C(=O)O)C(C)F. The quantitative estimate of drug-likeness (QED) is 0.481. The monoisotopic (exact) mass is 151 g/mol. The van der Waals surface area contributed by atoms with Gasteiger partial charge in [0.15, 0.2) is 6.30 Å². The predicted octanol–water partition coefficient (Wildman–Crippen LogP) is 0.886. The summed E-state index contributed by atoms with van der Waals surface area (Å²) in [7, 11) is 1.30. The third-order valence-corrected chi connectivity index (χ3v) is 0.943. The van der Waals surface area contributed by atoms with E-state index in [0.29, 0.717) is 4.90 Å². The van der Waals surface area contributed by atoms with E-state index >= 15 is 0 Å². The maximum Gasteiger partial charge on any atom is 0.411 e. The molecule has 0 heterocycles. The maximum absolute atomic E-state index is 12.3. The zero-order chi connectivity index (χ0) is 8.15. The first-order valence-corrected chi connectivity index (χ1v) is 2.72. The lowest BCUT2D eigenvalue weighted by atomic mass is 10.6. The van der Waals surface area contributed by atoms with Crippen molar-refractivity contribution in [1.82, 2.24) is 4.90 Å². The Labute approximate surface area is 58.2 Å². The molecule has 0 radical (unpaired) electrons. The lowest BCUT2D eigenvalue weighted by Crippen LogP contribution is -2.36. The molecule has 0 rings (SSSR count). The van der Waals surface area contributed by atoms with Crippen LogP contribution in [0, 0.1) is 0 Å². The predicted molar refractivity (Wildman–Crippen MR) is 32.3 cm³/mol. The van der Waals surface area contributed by atoms with Crippen molar-refractivity contribution in [3.05, 3.63) is 0 Å². The van der Waals surface area contributed by atoms with Gasteiger partial charge in [-0.05, 0) is 6.92 Å². The molecule has 0 bridgehead atoms. The molecule has 0 aliphatic carbocycles. The van der Waals surface area contributed by atoms with Gasteiger partial charge in [-0.2, -0.15) is 0 Å². The van der Waals surface area contributed by atoms with Crippen molar-refractivity contribution in [1.29, 1.82) is 0 Å². The second-order valence-corrected chi connectivity index (χ2v) is 1.74. The highest BCUT2D eigenvalue weighted by Crippen LogP contribution is 1.99. The van der Waals surface area contributed by atoms with Gasteiger partial charge in [0.25, 0.3) is 0 Å². The molecular weight excluding hydrogens is 141 g/mol. The van der Waals surface area contributed by atoms with E-state index in [1.54, 1.807) is 0 Å². The molecule has 0 fully saturated rings. The first-order valence-electron chi connectivity index (χ1n) is 2.72. The summed E-state index contributed by atoms with van der Waals surface area (Å²) in [5, 5.41) is 8.28. The molecule has 1 amide bonds. The molecule has 0 aromatic carbocycles. The molecule has 0 saturated carbocycles. The zero-order valence-electron chi connectivity index (χ0n) is 5.87. The molecule has 0 aliphatic heterocycles. The number of hydrogen-bond donors (Lipinski definition) is 1. The molecule has 4 nitrogen and oxygen atoms in total. The standard InChI is InChI=1S/C5H10FNO3/c1-4(6)7(3-10-2)5(8)9/h4H,3H2,1-2H3,(H,8,9). The first kappa shape index (κ1) is 9.16. The molecule has 60 valence electrons. The number of carboxylic acid groups (broad SMARTS) is 1. The zero-order valence-corrected chi connectivity index (χ0v) is 5.87. The molecular formula is C5H10FNO3. The summed E-state index contributed by atoms with van der Waals surface area (Å²) in [6.07, 6.45) is -2.85. The van der Waals surface area contributed by atoms with Crippen LogP contribution in [0.3, 0.4) is 0 Å². The van der Waals surface area contributed by atoms with Crippen molar-refractivity contribution in [2.45, 2.75) is 13.2 Å². The van der Waals surface area contributed by atoms with Crippen molar-refractivity contribution in [2.24, 2.45) is 0 Å². The molecule has 1 atom stereocenters. The van der Waals surface area contributed by atoms with E-state index in [4.69, 9.17) is 5.11 Å². The second-order valence-electron chi connectivity index (χ2n) is 1.74. The van der Waals surface area contributed by atoms with Gasteiger partial charge >= 0.3 is 6.09 Å². The Hall–Kier alpha value is -0.840. The number of hydrogen-bond acceptors (Lipinski definition) is 2. The van der Waals surface area contributed by atoms with Crippen LogP contribution in [-0.2, 0) is 4.74 Å². The van der Waals surface area contributed by atoms with Crippen LogP contribution in [0.1, 0.15) is 6.92 Å². The molecule has 1 unspecified atom stereocenters. The number of nitrogens with zero attached hydrogens (tertiary/aromatic N) is 1. The van der Waals surface area contributed by atoms with Gasteiger partial charge in [0.05, 0.1) is 0 Å². The molecule has 0 aromatic rings. The molecule has 0 saturated heterocycles. The summed E-state index contributed by atoms with van der Waals surface area (Å²) in [5.74, 6) is 0. The van der Waals surface area contributed by atoms with Crippen LogP contribution in [-0.4, -0.2) is 36.2 Å². The Morgan fingerprint density at radius 3 is 2.50 bits per heavy atom. The van der Waals surface area contributed by atoms with Crippen molar-refractivity contribution in [3.63, 3.8) is 0 Å². The number of amides is 1. The Morgan fingerprint density at radius 1 is 1.90 bits per heavy atom. The van der Waals surface area contributed by atoms with Crippen LogP contribution in [0.4, 0.5) is 9.18 Å². The van der Waals surface area contributed by atoms with Crippen LogP contribution in [0.25, 0.3) is 0 Å². The summed E-state index contributed by atoms with van der Waals surface area (Å²) in [6, 6.07) is 0. The molecule has 10 heavy (non-hydrogen) atoms. The van der Waals surface area contributed by atoms with E-state index < -0.39 is 12.4 Å². The Bertz CT molecular complexity index is 117. The van der Waals surface area contributed by atoms with Crippen molar-refractivity contribution >= 4 is 6.09 Å². The summed E-state index contributed by atoms with van der Waals surface area (Å²) >= 11 is 0. The van der Waals surface area contributed by atoms with Crippen LogP contribution in [0.2, 0.25) is 0 Å². The normalized spacial score (nSPS) is 12.7. The lowest BCUT2D eigenvalue weighted by molar-refractivity contribution is 0.00358. The highest BCUT2D eigenvalue weighted by atomic mass is 19.1. The second kappa shape index (κ2) is 4.05. The van der Waals surface area contributed by atoms with Crippen LogP contribution in [0.5, 0.6) is 0 Å². The van der Waals surface area contributed by atoms with E-state index in [1.165, 1.54) is 7.11 Å². The average molecular weight is 151 g/mol. The Balaban J connectivity index is 3.85. The summed E-state index contributed by atoms with van der Waals surface area (Å²) in [6.45, 7) is 0.889. The minimum absolute atomic E-state index is 0.243. The molecule has 0 spiro atoms. The maximum atomic E-state index is 12.3. The number of rotatable bonds is 3. The summed E-state index contributed by atoms with van der Waals surface area (Å²) in [5.41, 5.74) is 0. The lowest BCUT2D eigenvalue weighted by Gasteiger charge is -2.18. The molecule has 1 N–H and O–H groups in total. The minimum atomic E-state index is -1.53. The fraction of sp³-hybridized carbons (Fsp3) is 0.800. The number of carbonyl (C=O) groups is 1. The van der Waals surface area contributed by atoms with Gasteiger partial charge in [-0.25, -0.2) is 9.18 Å². The van der Waals surface area contributed by atoms with E-state index in [9.17, 15) is 9.18 Å². The van der Waals surface area contributed by atoms with Crippen LogP contribution in [0.15, 0.2) is 0 Å². The van der Waals surface area contributed by atoms with Gasteiger partial charge in [-0.1, -0.05) is 0 Å². The highest BCUT2D eigenvalue weighted by Gasteiger charge is 2.16. The van der Waals surface area contributed by atoms with Crippen molar-refractivity contribution in [3.8, 4) is 0 Å². The molecule has 0 aliphatic rings. The molecule has 0 aromatic heterocycles. The third-order valence-electron chi connectivity index (χ3n) is 0.943. The third kappa shape index (κ3) is 2.63. The summed E-state index contributed by atoms with van der Waals surface area (Å²) < 4.78 is 16.7. The van der Waals surface area contributed by atoms with Gasteiger partial charge in [0.1, 0.15) is 6.73 Å². The highest BCUT2D eigenvalue weighted by molar-refractivity contribution is 5.64. The van der Waals surface area contributed by atoms with Crippen molar-refractivity contribution in [2.75, 3.05) is 13.8 Å². The molecule has 5 heteroatoms. The smallest absolute Gasteiger partial charge is 0.411 e. The van der Waals surface area contributed by atoms with Gasteiger partial charge in [0.2, 0.25) is 0 Å². The van der Waals surface area contributed by atoms with E-state index in [-0.39, 0.29) is 6.73 Å². The summed E-state index contributed by atoms with van der Waals surface area (Å²) in [4.78, 5) is 10.7. The van der Waals surface area contributed by atoms with E-state index in [1.807, 2.05) is 0 Å². The number of halogens is 1. The van der Waals surface area contributed by atoms with Gasteiger partial charge < -0.3 is 9.84 Å². The topological polar surface area (TPSA) is 49.8 Å². The van der Waals surface area contributed by atoms with Gasteiger partial charge in [-0.3, -0.25) is 4.90 Å². The number of methoxy groups -OCH3 is 1. The van der Waals surface area contributed by atoms with Crippen molar-refractivity contribution < 1.29 is 19.0 Å². The van der Waals surface area contributed by atoms with E-state index in [0.717, 1.165) is 6.92 Å². The largest absolute Gasteiger partial charge is 0.465 e. The van der Waals surface area contributed by atoms with E-state index in [2.05, 4.69) is 4.74 Å². The Morgan fingerprint density at radius 2 is 2.40 bits per heavy atom. The van der Waals surface area contributed by atoms with Crippen LogP contribution < -0.4 is 0 Å². The fourth-order valence-corrected chi connectivity index (χ4v) is 0.449. The van der Waals surface area contributed by atoms with Crippen LogP contribution >= 0.6 is 0 Å². The Kier molecular flexibility index (Phi) is 3.71. The fourth-order valence-electron chi connectivity index (χ4n) is 0.449. The van der Waals surface area contributed by atoms with Gasteiger partial charge in [0, 0.05) is 7.11 Å². The number of ether oxygens (including phenoxy) is 1. The van der Waals surface area contributed by atoms with Gasteiger partial charge in [-0.15, -0.1) is 0 Å². The number of alkyl halides is 1. The minimum Gasteiger partial charge on any atom is -0.465 e. The first-order chi connectivity index (χ1) is 4.59. The average Bonchev–Trinajstić information content (AvgIpc) is 1.81.